The molecule has 0 spiro atoms. The van der Waals surface area contributed by atoms with Crippen molar-refractivity contribution in [3.05, 3.63) is 40.2 Å². The number of rotatable bonds is 5. The fourth-order valence-electron chi connectivity index (χ4n) is 1.87. The van der Waals surface area contributed by atoms with E-state index < -0.39 is 0 Å². The van der Waals surface area contributed by atoms with Crippen LogP contribution in [0.1, 0.15) is 5.56 Å². The quantitative estimate of drug-likeness (QED) is 0.476. The Morgan fingerprint density at radius 3 is 2.68 bits per heavy atom. The number of hydrogen-bond donors (Lipinski definition) is 2. The second-order valence-corrected chi connectivity index (χ2v) is 4.47. The van der Waals surface area contributed by atoms with Gasteiger partial charge in [-0.05, 0) is 6.07 Å². The van der Waals surface area contributed by atoms with Crippen molar-refractivity contribution < 1.29 is 14.9 Å². The van der Waals surface area contributed by atoms with Gasteiger partial charge in [0.1, 0.15) is 5.56 Å². The topological polar surface area (TPSA) is 76.9 Å². The van der Waals surface area contributed by atoms with Gasteiger partial charge in [0.15, 0.2) is 12.5 Å². The molecule has 1 heterocycles. The minimum atomic E-state index is -0.276. The summed E-state index contributed by atoms with van der Waals surface area (Å²) in [6.07, 6.45) is 0. The van der Waals surface area contributed by atoms with E-state index in [-0.39, 0.29) is 12.4 Å². The fourth-order valence-corrected chi connectivity index (χ4v) is 2.15. The van der Waals surface area contributed by atoms with Crippen LogP contribution in [0.3, 0.4) is 0 Å². The molecule has 3 N–H and O–H groups in total. The Morgan fingerprint density at radius 2 is 2.05 bits per heavy atom. The van der Waals surface area contributed by atoms with Crippen molar-refractivity contribution in [2.24, 2.45) is 0 Å². The summed E-state index contributed by atoms with van der Waals surface area (Å²) in [5.41, 5.74) is 0.676. The number of nitrogens with one attached hydrogen (secondary N) is 1. The average molecular weight is 326 g/mol. The van der Waals surface area contributed by atoms with Gasteiger partial charge < -0.3 is 9.47 Å². The Hall–Kier alpha value is -1.66. The van der Waals surface area contributed by atoms with Crippen LogP contribution in [0.4, 0.5) is 0 Å². The summed E-state index contributed by atoms with van der Waals surface area (Å²) >= 11 is 3.27. The van der Waals surface area contributed by atoms with Crippen molar-refractivity contribution in [2.45, 2.75) is 0 Å². The predicted molar refractivity (Wildman–Crippen MR) is 76.9 cm³/mol. The lowest BCUT2D eigenvalue weighted by Gasteiger charge is -2.09. The molecule has 0 fully saturated rings. The van der Waals surface area contributed by atoms with Crippen molar-refractivity contribution in [1.29, 1.82) is 0 Å². The molecule has 0 radical (unpaired) electrons. The van der Waals surface area contributed by atoms with Gasteiger partial charge in [-0.15, -0.1) is 0 Å². The molecule has 0 amide bonds. The predicted octanol–water partition coefficient (Wildman–Crippen LogP) is 0.454. The molecular formula is C13H14BrN2O3+. The summed E-state index contributed by atoms with van der Waals surface area (Å²) in [7, 11) is 1.52. The first-order chi connectivity index (χ1) is 9.19. The van der Waals surface area contributed by atoms with Gasteiger partial charge in [-0.25, -0.2) is 0 Å². The number of halogens is 1. The number of benzene rings is 1. The fraction of sp³-hybridized carbons (Fsp3) is 0.231. The summed E-state index contributed by atoms with van der Waals surface area (Å²) < 4.78 is 10.2. The summed E-state index contributed by atoms with van der Waals surface area (Å²) in [5, 5.41) is 7.87. The molecule has 0 atom stereocenters. The largest absolute Gasteiger partial charge is 0.452 e. The molecule has 0 aliphatic rings. The van der Waals surface area contributed by atoms with Gasteiger partial charge in [0.25, 0.3) is 5.56 Å². The highest BCUT2D eigenvalue weighted by molar-refractivity contribution is 9.09. The summed E-state index contributed by atoms with van der Waals surface area (Å²) in [5.74, 6) is 0.383. The molecule has 1 aromatic heterocycles. The number of aromatic nitrogens is 1. The number of aromatic amines is 1. The minimum Gasteiger partial charge on any atom is -0.452 e. The zero-order chi connectivity index (χ0) is 13.8. The number of nitrogens with two attached hydrogens (primary N) is 1. The van der Waals surface area contributed by atoms with Gasteiger partial charge in [0.05, 0.1) is 5.33 Å². The second kappa shape index (κ2) is 5.99. The lowest BCUT2D eigenvalue weighted by Crippen LogP contribution is -2.44. The highest BCUT2D eigenvalue weighted by atomic mass is 79.9. The number of pyridine rings is 1. The van der Waals surface area contributed by atoms with Crippen molar-refractivity contribution in [3.63, 3.8) is 0 Å². The molecule has 5 nitrogen and oxygen atoms in total. The van der Waals surface area contributed by atoms with E-state index in [4.69, 9.17) is 14.9 Å². The first-order valence-corrected chi connectivity index (χ1v) is 6.75. The van der Waals surface area contributed by atoms with E-state index in [2.05, 4.69) is 20.9 Å². The first-order valence-electron chi connectivity index (χ1n) is 5.63. The zero-order valence-corrected chi connectivity index (χ0v) is 12.0. The highest BCUT2D eigenvalue weighted by Gasteiger charge is 2.17. The number of alkyl halides is 1. The monoisotopic (exact) mass is 325 g/mol. The van der Waals surface area contributed by atoms with Gasteiger partial charge in [0, 0.05) is 17.9 Å². The van der Waals surface area contributed by atoms with Gasteiger partial charge in [-0.2, -0.15) is 0 Å². The van der Waals surface area contributed by atoms with Crippen molar-refractivity contribution in [1.82, 2.24) is 4.98 Å². The molecule has 2 aromatic rings. The Labute approximate surface area is 118 Å². The molecule has 0 aliphatic heterocycles. The maximum atomic E-state index is 12.1. The molecule has 0 saturated heterocycles. The standard InChI is InChI=1S/C13H13BrN2O3/c1-18-7-19-13-9-5-3-2-4-8(9)11(10(15)6-14)12(17)16-13/h2-5,15H,6-7H2,1H3,(H,16,17)/p+1. The molecule has 1 aromatic carbocycles. The van der Waals surface area contributed by atoms with E-state index in [0.29, 0.717) is 22.5 Å². The smallest absolute Gasteiger partial charge is 0.265 e. The van der Waals surface area contributed by atoms with Crippen LogP contribution in [-0.4, -0.2) is 29.9 Å². The van der Waals surface area contributed by atoms with Crippen LogP contribution in [-0.2, 0) is 4.74 Å². The van der Waals surface area contributed by atoms with Crippen LogP contribution in [0.25, 0.3) is 10.8 Å². The third kappa shape index (κ3) is 2.69. The first kappa shape index (κ1) is 13.8. The zero-order valence-electron chi connectivity index (χ0n) is 10.4. The van der Waals surface area contributed by atoms with Gasteiger partial charge in [-0.1, -0.05) is 34.1 Å². The Balaban J connectivity index is 2.70. The van der Waals surface area contributed by atoms with Crippen molar-refractivity contribution >= 4 is 32.4 Å². The van der Waals surface area contributed by atoms with Crippen LogP contribution >= 0.6 is 15.9 Å². The van der Waals surface area contributed by atoms with E-state index in [0.717, 1.165) is 10.8 Å². The van der Waals surface area contributed by atoms with Crippen LogP contribution in [0.5, 0.6) is 5.88 Å². The summed E-state index contributed by atoms with van der Waals surface area (Å²) in [6.45, 7) is 0.0664. The van der Waals surface area contributed by atoms with Gasteiger partial charge >= 0.3 is 0 Å². The Kier molecular flexibility index (Phi) is 4.34. The highest BCUT2D eigenvalue weighted by Crippen LogP contribution is 2.24. The van der Waals surface area contributed by atoms with Gasteiger partial charge in [0.2, 0.25) is 5.88 Å². The lowest BCUT2D eigenvalue weighted by atomic mass is 10.0. The summed E-state index contributed by atoms with van der Waals surface area (Å²) in [4.78, 5) is 14.8. The summed E-state index contributed by atoms with van der Waals surface area (Å²) in [6, 6.07) is 7.43. The van der Waals surface area contributed by atoms with Crippen LogP contribution in [0.2, 0.25) is 0 Å². The minimum absolute atomic E-state index is 0.0664. The molecule has 0 bridgehead atoms. The normalized spacial score (nSPS) is 10.6. The molecule has 6 heteroatoms. The molecular weight excluding hydrogens is 312 g/mol. The molecule has 100 valence electrons. The lowest BCUT2D eigenvalue weighted by molar-refractivity contribution is -0.112. The van der Waals surface area contributed by atoms with E-state index in [9.17, 15) is 4.79 Å². The van der Waals surface area contributed by atoms with E-state index >= 15 is 0 Å². The molecule has 2 rings (SSSR count). The SMILES string of the molecule is COCOc1[nH]c(=O)c(C(=[NH2+])CBr)c2ccccc12. The van der Waals surface area contributed by atoms with Crippen molar-refractivity contribution in [2.75, 3.05) is 19.2 Å². The van der Waals surface area contributed by atoms with Crippen LogP contribution < -0.4 is 15.7 Å². The van der Waals surface area contributed by atoms with E-state index in [1.54, 1.807) is 0 Å². The van der Waals surface area contributed by atoms with Crippen molar-refractivity contribution in [3.8, 4) is 5.88 Å². The molecule has 19 heavy (non-hydrogen) atoms. The maximum Gasteiger partial charge on any atom is 0.265 e. The van der Waals surface area contributed by atoms with Crippen LogP contribution in [0.15, 0.2) is 29.1 Å². The number of methoxy groups -OCH3 is 1. The maximum absolute atomic E-state index is 12.1. The second-order valence-electron chi connectivity index (χ2n) is 3.91. The number of hydrogen-bond acceptors (Lipinski definition) is 3. The van der Waals surface area contributed by atoms with Crippen LogP contribution in [0, 0.1) is 0 Å². The third-order valence-corrected chi connectivity index (χ3v) is 3.29. The molecule has 0 unspecified atom stereocenters. The van der Waals surface area contributed by atoms with E-state index in [1.807, 2.05) is 24.3 Å². The average Bonchev–Trinajstić information content (AvgIpc) is 2.44. The molecule has 0 aliphatic carbocycles. The number of H-pyrrole nitrogens is 1. The number of ether oxygens (including phenoxy) is 2. The number of fused-ring (bicyclic) bond motifs is 1. The third-order valence-electron chi connectivity index (χ3n) is 2.68. The van der Waals surface area contributed by atoms with Gasteiger partial charge in [-0.3, -0.25) is 15.2 Å². The van der Waals surface area contributed by atoms with E-state index in [1.165, 1.54) is 7.11 Å². The molecule has 0 saturated carbocycles. The Bertz CT molecular complexity index is 666. The Morgan fingerprint density at radius 1 is 1.37 bits per heavy atom.